The van der Waals surface area contributed by atoms with Crippen LogP contribution in [0.5, 0.6) is 0 Å². The maximum atomic E-state index is 10.0. The van der Waals surface area contributed by atoms with Gasteiger partial charge in [0.05, 0.1) is 28.2 Å². The summed E-state index contributed by atoms with van der Waals surface area (Å²) in [5, 5.41) is 24.9. The van der Waals surface area contributed by atoms with Crippen molar-refractivity contribution < 1.29 is 140 Å². The second-order valence-corrected chi connectivity index (χ2v) is 30.8. The molecule has 0 atom stereocenters. The van der Waals surface area contributed by atoms with Gasteiger partial charge in [0.2, 0.25) is 0 Å². The number of carbonyl (C=O) groups excluding carboxylic acids is 2. The number of hydrogen-bond acceptors (Lipinski definition) is 12. The molecule has 6 heterocycles. The monoisotopic (exact) mass is 2840 g/mol. The Kier molecular flexibility index (Phi) is 43.8. The molecule has 18 heteroatoms. The SMILES string of the molecule is CC(=O)C=C(C)O.CC(=O)C=C(C)O.Cc1ccc(N(c2ccc(C)cc2)c2cc[c-]c(-c3ccccn3)c2)cc1.Cc1cccnc1-c1[c-]cccc1.Cc1cnc2c3[c-]cccc3c3ccccc3c2n1.[Ir].[Ir].[Ir].[Ir].[Ir].[Ir].[c-]1ccc(C2c3ccccc3-c3ccccc32)cc1-c1ccccn1.[c-]1ccccc1-c1ccccn1.[c-]1ccccc1-c1nc2ccccc2c2ccccc12. The third-order valence-electron chi connectivity index (χ3n) is 21.0. The molecule has 0 spiro atoms. The first kappa shape index (κ1) is 109. The van der Waals surface area contributed by atoms with Crippen LogP contribution in [0.3, 0.4) is 0 Å². The molecule has 0 amide bonds. The van der Waals surface area contributed by atoms with Crippen molar-refractivity contribution in [3.8, 4) is 67.4 Å². The molecule has 1 aliphatic carbocycles. The van der Waals surface area contributed by atoms with E-state index in [1.165, 1.54) is 111 Å². The number of aliphatic hydroxyl groups excluding tert-OH is 2. The number of aryl methyl sites for hydroxylation is 4. The molecule has 0 aliphatic heterocycles. The Labute approximate surface area is 877 Å². The van der Waals surface area contributed by atoms with E-state index in [0.29, 0.717) is 0 Å². The van der Waals surface area contributed by atoms with Crippen LogP contribution in [0.4, 0.5) is 17.1 Å². The van der Waals surface area contributed by atoms with Gasteiger partial charge < -0.3 is 40.0 Å². The average molecular weight is 2840 g/mol. The Hall–Kier alpha value is -12.7. The molecule has 690 valence electrons. The van der Waals surface area contributed by atoms with Gasteiger partial charge in [0, 0.05) is 192 Å². The van der Waals surface area contributed by atoms with Gasteiger partial charge in [-0.3, -0.25) is 19.6 Å². The summed E-state index contributed by atoms with van der Waals surface area (Å²) >= 11 is 0. The molecule has 1 aliphatic rings. The molecule has 136 heavy (non-hydrogen) atoms. The van der Waals surface area contributed by atoms with E-state index in [9.17, 15) is 9.59 Å². The fourth-order valence-electron chi connectivity index (χ4n) is 15.2. The smallest absolute Gasteiger partial charge is 0.155 e. The van der Waals surface area contributed by atoms with E-state index in [0.717, 1.165) is 106 Å². The number of benzene rings is 14. The standard InChI is InChI=1S/C25H21N2.C24H16N.C19H12N.C17H11N2.C12H10N.C11H8N.2C5H8O2.6Ir/c1-19-9-13-22(14-10-19)27(23-15-11-20(2)12-16-23)24-7-5-6-21(18-24)25-8-3-4-17-26-25;1-3-12-21-19(10-1)20-11-2-4-13-22(20)24(21)18-9-7-8-17(16-18)23-14-5-6-15-25-23;1-2-8-14(9-3-1)19-17-12-5-4-10-15(17)16-11-6-7-13-18(16)20-19;1-11-10-18-16-14-8-4-2-6-12(14)13-7-3-5-9-15(13)17(16)19-11;1-10-6-5-9-13-12(10)11-7-3-2-4-8-11;1-2-6-10(7-3-1)11-8-4-5-9-12-11;2*1-4(6)3-5(2)7;;;;;;/h3-5,7-18H,1-2H3;1-7,9-16,24H;1-8,10-13H;2-7,9-10H,1H3;2-7,9H,1H3;1-6,8-9H;2*3,6H,1-2H3;;;;;;/q6*-1;;;;;;;;. The minimum atomic E-state index is -0.125. The Morgan fingerprint density at radius 1 is 0.324 bits per heavy atom. The predicted molar refractivity (Wildman–Crippen MR) is 532 cm³/mol. The molecule has 0 saturated heterocycles. The molecule has 0 fully saturated rings. The largest absolute Gasteiger partial charge is 0.512 e. The van der Waals surface area contributed by atoms with Crippen LogP contribution in [0.1, 0.15) is 72.7 Å². The number of carbonyl (C=O) groups is 2. The van der Waals surface area contributed by atoms with Crippen LogP contribution in [0.15, 0.2) is 419 Å². The van der Waals surface area contributed by atoms with E-state index < -0.39 is 0 Å². The van der Waals surface area contributed by atoms with Crippen molar-refractivity contribution in [1.82, 2.24) is 34.9 Å². The number of fused-ring (bicyclic) bond motifs is 12. The molecule has 0 unspecified atom stereocenters. The zero-order chi connectivity index (χ0) is 90.5. The van der Waals surface area contributed by atoms with Crippen molar-refractivity contribution in [1.29, 1.82) is 0 Å². The van der Waals surface area contributed by atoms with Gasteiger partial charge in [-0.15, -0.1) is 203 Å². The van der Waals surface area contributed by atoms with Crippen molar-refractivity contribution >= 4 is 82.9 Å². The zero-order valence-electron chi connectivity index (χ0n) is 75.5. The summed E-state index contributed by atoms with van der Waals surface area (Å²) in [5.41, 5.74) is 27.6. The maximum Gasteiger partial charge on any atom is 0.155 e. The topological polar surface area (TPSA) is 168 Å². The first-order valence-electron chi connectivity index (χ1n) is 42.7. The van der Waals surface area contributed by atoms with E-state index in [1.54, 1.807) is 6.20 Å². The van der Waals surface area contributed by atoms with Crippen molar-refractivity contribution in [2.75, 3.05) is 4.90 Å². The molecule has 6 radical (unpaired) electrons. The number of pyridine rings is 5. The normalized spacial score (nSPS) is 10.6. The molecule has 12 nitrogen and oxygen atoms in total. The number of aromatic nitrogens is 7. The van der Waals surface area contributed by atoms with Crippen molar-refractivity contribution in [3.05, 3.63) is 494 Å². The minimum Gasteiger partial charge on any atom is -0.512 e. The van der Waals surface area contributed by atoms with Crippen molar-refractivity contribution in [2.45, 2.75) is 61.3 Å². The Morgan fingerprint density at radius 3 is 1.24 bits per heavy atom. The van der Waals surface area contributed by atoms with Crippen LogP contribution in [0.25, 0.3) is 122 Å². The van der Waals surface area contributed by atoms with Crippen LogP contribution in [-0.2, 0) is 130 Å². The number of aliphatic hydroxyl groups is 2. The minimum absolute atomic E-state index is 0. The summed E-state index contributed by atoms with van der Waals surface area (Å²) in [6, 6.07) is 143. The zero-order valence-corrected chi connectivity index (χ0v) is 89.9. The van der Waals surface area contributed by atoms with Gasteiger partial charge in [-0.25, -0.2) is 0 Å². The summed E-state index contributed by atoms with van der Waals surface area (Å²) in [6.45, 7) is 13.9. The number of hydrogen-bond donors (Lipinski definition) is 2. The maximum absolute atomic E-state index is 10.0. The van der Waals surface area contributed by atoms with Gasteiger partial charge in [-0.05, 0) is 183 Å². The van der Waals surface area contributed by atoms with E-state index in [1.807, 2.05) is 196 Å². The van der Waals surface area contributed by atoms with Crippen LogP contribution in [-0.4, -0.2) is 56.7 Å². The molecular formula is C118H94Ir6N8O4-6. The van der Waals surface area contributed by atoms with Crippen LogP contribution < -0.4 is 4.90 Å². The van der Waals surface area contributed by atoms with Crippen LogP contribution in [0, 0.1) is 64.1 Å². The Morgan fingerprint density at radius 2 is 0.743 bits per heavy atom. The summed E-state index contributed by atoms with van der Waals surface area (Å²) in [6.07, 6.45) is 11.4. The fourth-order valence-corrected chi connectivity index (χ4v) is 15.2. The van der Waals surface area contributed by atoms with Crippen LogP contribution in [0.2, 0.25) is 0 Å². The quantitative estimate of drug-likeness (QED) is 0.0545. The van der Waals surface area contributed by atoms with E-state index in [4.69, 9.17) is 15.2 Å². The fraction of sp³-hybridized carbons (Fsp3) is 0.0763. The first-order chi connectivity index (χ1) is 63.5. The summed E-state index contributed by atoms with van der Waals surface area (Å²) in [5.74, 6) is 0.143. The van der Waals surface area contributed by atoms with E-state index in [2.05, 4.69) is 292 Å². The molecule has 0 bridgehead atoms. The van der Waals surface area contributed by atoms with Gasteiger partial charge in [0.25, 0.3) is 0 Å². The number of ketones is 2. The second kappa shape index (κ2) is 54.8. The van der Waals surface area contributed by atoms with Gasteiger partial charge in [-0.2, -0.15) is 0 Å². The van der Waals surface area contributed by atoms with E-state index in [-0.39, 0.29) is 150 Å². The number of para-hydroxylation sites is 1. The number of rotatable bonds is 11. The predicted octanol–water partition coefficient (Wildman–Crippen LogP) is 28.7. The molecule has 20 aromatic rings. The molecular weight excluding hydrogens is 2750 g/mol. The van der Waals surface area contributed by atoms with Gasteiger partial charge in [0.1, 0.15) is 0 Å². The van der Waals surface area contributed by atoms with Gasteiger partial charge >= 0.3 is 0 Å². The molecule has 2 N–H and O–H groups in total. The van der Waals surface area contributed by atoms with Gasteiger partial charge in [0.15, 0.2) is 11.6 Å². The van der Waals surface area contributed by atoms with E-state index >= 15 is 0 Å². The first-order valence-corrected chi connectivity index (χ1v) is 42.7. The van der Waals surface area contributed by atoms with Crippen molar-refractivity contribution in [3.63, 3.8) is 0 Å². The summed E-state index contributed by atoms with van der Waals surface area (Å²) in [7, 11) is 0. The molecule has 0 saturated carbocycles. The molecule has 14 aromatic carbocycles. The second-order valence-electron chi connectivity index (χ2n) is 30.8. The molecule has 6 aromatic heterocycles. The van der Waals surface area contributed by atoms with Crippen molar-refractivity contribution in [2.24, 2.45) is 0 Å². The third-order valence-corrected chi connectivity index (χ3v) is 21.0. The summed E-state index contributed by atoms with van der Waals surface area (Å²) in [4.78, 5) is 53.9. The number of nitrogens with zero attached hydrogens (tertiary/aromatic N) is 8. The summed E-state index contributed by atoms with van der Waals surface area (Å²) < 4.78 is 0. The third kappa shape index (κ3) is 29.2. The molecule has 21 rings (SSSR count). The number of allylic oxidation sites excluding steroid dienone is 4. The average Bonchev–Trinajstić information content (AvgIpc) is 1.74. The Balaban J connectivity index is 0.000000196. The number of anilines is 3. The van der Waals surface area contributed by atoms with Crippen LogP contribution >= 0.6 is 0 Å². The van der Waals surface area contributed by atoms with Gasteiger partial charge in [-0.1, -0.05) is 209 Å². The Bertz CT molecular complexity index is 7080.